The van der Waals surface area contributed by atoms with Gasteiger partial charge in [0, 0.05) is 36.3 Å². The van der Waals surface area contributed by atoms with Crippen LogP contribution >= 0.6 is 0 Å². The molecule has 0 amide bonds. The third-order valence-electron chi connectivity index (χ3n) is 3.71. The van der Waals surface area contributed by atoms with Gasteiger partial charge in [-0.1, -0.05) is 24.3 Å². The summed E-state index contributed by atoms with van der Waals surface area (Å²) in [7, 11) is 0. The SMILES string of the molecule is CC(NC(C)c1ccc([N+](=O)[O-])cc1)c1ccc([N+](=O)[O-])cc1. The van der Waals surface area contributed by atoms with Gasteiger partial charge in [0.15, 0.2) is 0 Å². The maximum atomic E-state index is 10.7. The van der Waals surface area contributed by atoms with Crippen molar-refractivity contribution in [3.63, 3.8) is 0 Å². The molecular formula is C16H17N3O4. The van der Waals surface area contributed by atoms with Crippen LogP contribution in [0, 0.1) is 20.2 Å². The van der Waals surface area contributed by atoms with Crippen molar-refractivity contribution in [1.29, 1.82) is 0 Å². The van der Waals surface area contributed by atoms with Crippen LogP contribution in [0.15, 0.2) is 48.5 Å². The fourth-order valence-electron chi connectivity index (χ4n) is 2.34. The van der Waals surface area contributed by atoms with Crippen LogP contribution in [0.3, 0.4) is 0 Å². The molecule has 7 heteroatoms. The first-order chi connectivity index (χ1) is 10.9. The number of hydrogen-bond donors (Lipinski definition) is 1. The van der Waals surface area contributed by atoms with Crippen molar-refractivity contribution in [3.8, 4) is 0 Å². The normalized spacial score (nSPS) is 13.3. The topological polar surface area (TPSA) is 98.3 Å². The zero-order chi connectivity index (χ0) is 17.0. The van der Waals surface area contributed by atoms with Gasteiger partial charge >= 0.3 is 0 Å². The molecule has 0 bridgehead atoms. The van der Waals surface area contributed by atoms with Gasteiger partial charge in [-0.3, -0.25) is 20.2 Å². The minimum atomic E-state index is -0.429. The minimum absolute atomic E-state index is 0.0130. The van der Waals surface area contributed by atoms with Crippen molar-refractivity contribution in [2.75, 3.05) is 0 Å². The lowest BCUT2D eigenvalue weighted by atomic mass is 10.0. The van der Waals surface area contributed by atoms with Crippen LogP contribution in [0.2, 0.25) is 0 Å². The van der Waals surface area contributed by atoms with Gasteiger partial charge in [0.05, 0.1) is 9.85 Å². The molecule has 2 atom stereocenters. The molecule has 2 rings (SSSR count). The highest BCUT2D eigenvalue weighted by Gasteiger charge is 2.14. The van der Waals surface area contributed by atoms with E-state index < -0.39 is 9.85 Å². The Hall–Kier alpha value is -2.80. The molecule has 0 aliphatic rings. The summed E-state index contributed by atoms with van der Waals surface area (Å²) >= 11 is 0. The summed E-state index contributed by atoms with van der Waals surface area (Å²) in [6.07, 6.45) is 0. The average Bonchev–Trinajstić information content (AvgIpc) is 2.54. The highest BCUT2D eigenvalue weighted by atomic mass is 16.6. The van der Waals surface area contributed by atoms with E-state index in [9.17, 15) is 20.2 Å². The second-order valence-electron chi connectivity index (χ2n) is 5.31. The molecule has 0 aliphatic heterocycles. The smallest absolute Gasteiger partial charge is 0.269 e. The van der Waals surface area contributed by atoms with Crippen LogP contribution in [0.4, 0.5) is 11.4 Å². The van der Waals surface area contributed by atoms with E-state index in [0.717, 1.165) is 11.1 Å². The Balaban J connectivity index is 2.05. The predicted molar refractivity (Wildman–Crippen MR) is 86.2 cm³/mol. The summed E-state index contributed by atoms with van der Waals surface area (Å²) < 4.78 is 0. The zero-order valence-corrected chi connectivity index (χ0v) is 12.8. The number of nitro groups is 2. The number of nitro benzene ring substituents is 2. The molecule has 0 aliphatic carbocycles. The summed E-state index contributed by atoms with van der Waals surface area (Å²) in [6.45, 7) is 3.92. The second-order valence-corrected chi connectivity index (χ2v) is 5.31. The third kappa shape index (κ3) is 4.10. The van der Waals surface area contributed by atoms with E-state index in [-0.39, 0.29) is 23.5 Å². The number of nitrogens with one attached hydrogen (secondary N) is 1. The van der Waals surface area contributed by atoms with Crippen LogP contribution in [-0.4, -0.2) is 9.85 Å². The van der Waals surface area contributed by atoms with Crippen molar-refractivity contribution in [1.82, 2.24) is 5.32 Å². The van der Waals surface area contributed by atoms with Gasteiger partial charge < -0.3 is 5.32 Å². The molecule has 2 aromatic rings. The van der Waals surface area contributed by atoms with E-state index in [1.807, 2.05) is 13.8 Å². The number of non-ortho nitro benzene ring substituents is 2. The van der Waals surface area contributed by atoms with E-state index >= 15 is 0 Å². The number of hydrogen-bond acceptors (Lipinski definition) is 5. The lowest BCUT2D eigenvalue weighted by Gasteiger charge is -2.20. The van der Waals surface area contributed by atoms with Crippen LogP contribution in [-0.2, 0) is 0 Å². The lowest BCUT2D eigenvalue weighted by Crippen LogP contribution is -2.22. The molecule has 2 aromatic carbocycles. The molecule has 0 saturated heterocycles. The monoisotopic (exact) mass is 315 g/mol. The molecule has 0 heterocycles. The quantitative estimate of drug-likeness (QED) is 0.643. The number of benzene rings is 2. The number of rotatable bonds is 6. The van der Waals surface area contributed by atoms with Crippen molar-refractivity contribution in [3.05, 3.63) is 79.9 Å². The summed E-state index contributed by atoms with van der Waals surface area (Å²) in [5.74, 6) is 0. The molecule has 0 fully saturated rings. The fraction of sp³-hybridized carbons (Fsp3) is 0.250. The van der Waals surface area contributed by atoms with Crippen LogP contribution < -0.4 is 5.32 Å². The Morgan fingerprint density at radius 2 is 1.04 bits per heavy atom. The Morgan fingerprint density at radius 3 is 1.30 bits per heavy atom. The molecule has 0 saturated carbocycles. The van der Waals surface area contributed by atoms with Gasteiger partial charge in [0.25, 0.3) is 11.4 Å². The molecule has 0 radical (unpaired) electrons. The van der Waals surface area contributed by atoms with Gasteiger partial charge in [-0.2, -0.15) is 0 Å². The Kier molecular flexibility index (Phi) is 5.02. The standard InChI is InChI=1S/C16H17N3O4/c1-11(13-3-7-15(8-4-13)18(20)21)17-12(2)14-5-9-16(10-6-14)19(22)23/h3-12,17H,1-2H3. The molecule has 1 N–H and O–H groups in total. The van der Waals surface area contributed by atoms with Crippen LogP contribution in [0.25, 0.3) is 0 Å². The van der Waals surface area contributed by atoms with Crippen LogP contribution in [0.5, 0.6) is 0 Å². The molecule has 23 heavy (non-hydrogen) atoms. The van der Waals surface area contributed by atoms with E-state index in [2.05, 4.69) is 5.32 Å². The van der Waals surface area contributed by atoms with Gasteiger partial charge in [-0.05, 0) is 25.0 Å². The first-order valence-electron chi connectivity index (χ1n) is 7.13. The molecular weight excluding hydrogens is 298 g/mol. The van der Waals surface area contributed by atoms with Gasteiger partial charge in [-0.15, -0.1) is 0 Å². The highest BCUT2D eigenvalue weighted by molar-refractivity contribution is 5.35. The van der Waals surface area contributed by atoms with Crippen molar-refractivity contribution in [2.45, 2.75) is 25.9 Å². The second kappa shape index (κ2) is 6.97. The van der Waals surface area contributed by atoms with E-state index in [0.29, 0.717) is 0 Å². The highest BCUT2D eigenvalue weighted by Crippen LogP contribution is 2.23. The molecule has 0 aromatic heterocycles. The third-order valence-corrected chi connectivity index (χ3v) is 3.71. The minimum Gasteiger partial charge on any atom is -0.304 e. The largest absolute Gasteiger partial charge is 0.304 e. The maximum absolute atomic E-state index is 10.7. The average molecular weight is 315 g/mol. The summed E-state index contributed by atoms with van der Waals surface area (Å²) in [4.78, 5) is 20.5. The predicted octanol–water partition coefficient (Wildman–Crippen LogP) is 3.91. The Bertz CT molecular complexity index is 637. The van der Waals surface area contributed by atoms with Crippen LogP contribution in [0.1, 0.15) is 37.1 Å². The lowest BCUT2D eigenvalue weighted by molar-refractivity contribution is -0.385. The summed E-state index contributed by atoms with van der Waals surface area (Å²) in [5, 5.41) is 24.7. The fourth-order valence-corrected chi connectivity index (χ4v) is 2.34. The van der Waals surface area contributed by atoms with Crippen molar-refractivity contribution < 1.29 is 9.85 Å². The van der Waals surface area contributed by atoms with Crippen molar-refractivity contribution >= 4 is 11.4 Å². The van der Waals surface area contributed by atoms with E-state index in [1.54, 1.807) is 24.3 Å². The van der Waals surface area contributed by atoms with Gasteiger partial charge in [-0.25, -0.2) is 0 Å². The number of nitrogens with zero attached hydrogens (tertiary/aromatic N) is 2. The van der Waals surface area contributed by atoms with Crippen molar-refractivity contribution in [2.24, 2.45) is 0 Å². The van der Waals surface area contributed by atoms with Gasteiger partial charge in [0.2, 0.25) is 0 Å². The molecule has 7 nitrogen and oxygen atoms in total. The van der Waals surface area contributed by atoms with E-state index in [4.69, 9.17) is 0 Å². The zero-order valence-electron chi connectivity index (χ0n) is 12.8. The Morgan fingerprint density at radius 1 is 0.739 bits per heavy atom. The summed E-state index contributed by atoms with van der Waals surface area (Å²) in [5.41, 5.74) is 1.99. The molecule has 2 unspecified atom stereocenters. The molecule has 0 spiro atoms. The molecule has 120 valence electrons. The first kappa shape index (κ1) is 16.6. The summed E-state index contributed by atoms with van der Waals surface area (Å²) in [6, 6.07) is 12.8. The maximum Gasteiger partial charge on any atom is 0.269 e. The van der Waals surface area contributed by atoms with Gasteiger partial charge in [0.1, 0.15) is 0 Å². The van der Waals surface area contributed by atoms with E-state index in [1.165, 1.54) is 24.3 Å². The first-order valence-corrected chi connectivity index (χ1v) is 7.13. The Labute approximate surface area is 133 Å².